The maximum atomic E-state index is 12.5. The molecule has 0 aromatic rings. The maximum Gasteiger partial charge on any atom is 0.305 e. The van der Waals surface area contributed by atoms with Crippen molar-refractivity contribution in [1.82, 2.24) is 5.32 Å². The van der Waals surface area contributed by atoms with E-state index in [2.05, 4.69) is 43.5 Å². The summed E-state index contributed by atoms with van der Waals surface area (Å²) in [6, 6.07) is -0.537. The summed E-state index contributed by atoms with van der Waals surface area (Å²) in [4.78, 5) is 24.5. The van der Waals surface area contributed by atoms with E-state index in [1.807, 2.05) is 0 Å². The van der Waals surface area contributed by atoms with Gasteiger partial charge in [-0.05, 0) is 57.8 Å². The lowest BCUT2D eigenvalue weighted by atomic mass is 10.0. The van der Waals surface area contributed by atoms with E-state index in [4.69, 9.17) is 4.74 Å². The monoisotopic (exact) mass is 1060 g/mol. The van der Waals surface area contributed by atoms with Crippen molar-refractivity contribution in [3.05, 3.63) is 24.3 Å². The van der Waals surface area contributed by atoms with E-state index in [9.17, 15) is 19.8 Å². The Morgan fingerprint density at radius 3 is 1.04 bits per heavy atom. The molecule has 0 aromatic carbocycles. The van der Waals surface area contributed by atoms with Gasteiger partial charge in [0.25, 0.3) is 0 Å². The Hall–Kier alpha value is -1.66. The first-order chi connectivity index (χ1) is 37.0. The number of allylic oxidation sites excluding steroid dienone is 4. The van der Waals surface area contributed by atoms with Crippen LogP contribution in [-0.4, -0.2) is 47.4 Å². The Morgan fingerprint density at radius 1 is 0.373 bits per heavy atom. The van der Waals surface area contributed by atoms with Gasteiger partial charge in [0.1, 0.15) is 0 Å². The summed E-state index contributed by atoms with van der Waals surface area (Å²) in [7, 11) is 0. The fourth-order valence-corrected chi connectivity index (χ4v) is 10.8. The van der Waals surface area contributed by atoms with E-state index in [0.717, 1.165) is 51.4 Å². The molecule has 0 spiro atoms. The summed E-state index contributed by atoms with van der Waals surface area (Å²) < 4.78 is 5.49. The first kappa shape index (κ1) is 73.3. The number of hydrogen-bond donors (Lipinski definition) is 3. The van der Waals surface area contributed by atoms with Gasteiger partial charge < -0.3 is 20.3 Å². The van der Waals surface area contributed by atoms with Gasteiger partial charge in [-0.2, -0.15) is 0 Å². The topological polar surface area (TPSA) is 95.9 Å². The largest absolute Gasteiger partial charge is 0.466 e. The van der Waals surface area contributed by atoms with E-state index in [-0.39, 0.29) is 18.5 Å². The van der Waals surface area contributed by atoms with Crippen LogP contribution in [0.3, 0.4) is 0 Å². The average molecular weight is 1060 g/mol. The van der Waals surface area contributed by atoms with Gasteiger partial charge in [-0.15, -0.1) is 0 Å². The number of carbonyl (C=O) groups excluding carboxylic acids is 2. The molecular weight excluding hydrogens is 923 g/mol. The molecule has 444 valence electrons. The highest BCUT2D eigenvalue weighted by Crippen LogP contribution is 2.19. The molecule has 1 amide bonds. The molecule has 0 radical (unpaired) electrons. The van der Waals surface area contributed by atoms with Crippen LogP contribution in [-0.2, 0) is 14.3 Å². The molecule has 0 aromatic heterocycles. The van der Waals surface area contributed by atoms with E-state index >= 15 is 0 Å². The Kier molecular flexibility index (Phi) is 63.4. The van der Waals surface area contributed by atoms with Crippen LogP contribution in [0.25, 0.3) is 0 Å². The lowest BCUT2D eigenvalue weighted by Crippen LogP contribution is -2.45. The van der Waals surface area contributed by atoms with Gasteiger partial charge in [-0.3, -0.25) is 9.59 Å². The van der Waals surface area contributed by atoms with Crippen LogP contribution >= 0.6 is 0 Å². The lowest BCUT2D eigenvalue weighted by Gasteiger charge is -2.22. The van der Waals surface area contributed by atoms with Crippen LogP contribution in [0, 0.1) is 0 Å². The minimum atomic E-state index is -0.660. The van der Waals surface area contributed by atoms with Gasteiger partial charge in [0.2, 0.25) is 5.91 Å². The zero-order valence-corrected chi connectivity index (χ0v) is 50.8. The zero-order chi connectivity index (χ0) is 54.3. The number of rotatable bonds is 64. The van der Waals surface area contributed by atoms with Crippen molar-refractivity contribution in [3.63, 3.8) is 0 Å². The number of carbonyl (C=O) groups is 2. The fourth-order valence-electron chi connectivity index (χ4n) is 10.8. The second kappa shape index (κ2) is 64.9. The molecule has 0 aliphatic heterocycles. The molecule has 0 rings (SSSR count). The Morgan fingerprint density at radius 2 is 0.667 bits per heavy atom. The maximum absolute atomic E-state index is 12.5. The first-order valence-corrected chi connectivity index (χ1v) is 34.1. The van der Waals surface area contributed by atoms with E-state index in [1.54, 1.807) is 0 Å². The molecule has 0 bridgehead atoms. The van der Waals surface area contributed by atoms with Gasteiger partial charge in [0.05, 0.1) is 25.4 Å². The van der Waals surface area contributed by atoms with Crippen molar-refractivity contribution in [2.45, 2.75) is 392 Å². The van der Waals surface area contributed by atoms with Crippen molar-refractivity contribution in [3.8, 4) is 0 Å². The summed E-state index contributed by atoms with van der Waals surface area (Å²) in [6.45, 7) is 4.94. The SMILES string of the molecule is CCCCC/C=C\C/C=C\CCCCCCCC(=O)OCCCCCCCCCCCCCCCCCCCCCCCCCCCCCCCCCC(=O)NC(CO)C(O)CCCCCCCCCCCCCC. The normalized spacial score (nSPS) is 12.6. The smallest absolute Gasteiger partial charge is 0.305 e. The molecule has 3 N–H and O–H groups in total. The van der Waals surface area contributed by atoms with Crippen LogP contribution in [0.1, 0.15) is 380 Å². The highest BCUT2D eigenvalue weighted by molar-refractivity contribution is 5.76. The third-order valence-electron chi connectivity index (χ3n) is 16.0. The highest BCUT2D eigenvalue weighted by atomic mass is 16.5. The molecule has 0 aliphatic rings. The second-order valence-corrected chi connectivity index (χ2v) is 23.5. The van der Waals surface area contributed by atoms with Crippen molar-refractivity contribution in [2.75, 3.05) is 13.2 Å². The number of aliphatic hydroxyl groups excluding tert-OH is 2. The average Bonchev–Trinajstić information content (AvgIpc) is 3.41. The van der Waals surface area contributed by atoms with E-state index < -0.39 is 12.1 Å². The van der Waals surface area contributed by atoms with Gasteiger partial charge >= 0.3 is 5.97 Å². The van der Waals surface area contributed by atoms with Gasteiger partial charge in [-0.25, -0.2) is 0 Å². The molecule has 2 unspecified atom stereocenters. The fraction of sp³-hybridized carbons (Fsp3) is 0.913. The third-order valence-corrected chi connectivity index (χ3v) is 16.0. The van der Waals surface area contributed by atoms with Crippen LogP contribution in [0.5, 0.6) is 0 Å². The van der Waals surface area contributed by atoms with Gasteiger partial charge in [0, 0.05) is 12.8 Å². The summed E-state index contributed by atoms with van der Waals surface area (Å²) in [5.41, 5.74) is 0. The quantitative estimate of drug-likeness (QED) is 0.0320. The molecule has 0 heterocycles. The minimum absolute atomic E-state index is 0.00703. The van der Waals surface area contributed by atoms with Crippen molar-refractivity contribution in [2.24, 2.45) is 0 Å². The Balaban J connectivity index is 3.31. The number of hydrogen-bond acceptors (Lipinski definition) is 5. The number of unbranched alkanes of at least 4 members (excludes halogenated alkanes) is 49. The number of amides is 1. The van der Waals surface area contributed by atoms with Crippen LogP contribution < -0.4 is 5.32 Å². The summed E-state index contributed by atoms with van der Waals surface area (Å²) >= 11 is 0. The summed E-state index contributed by atoms with van der Waals surface area (Å²) in [5.74, 6) is -0.0224. The van der Waals surface area contributed by atoms with Crippen molar-refractivity contribution < 1.29 is 24.5 Å². The van der Waals surface area contributed by atoms with Gasteiger partial charge in [0.15, 0.2) is 0 Å². The molecule has 6 nitrogen and oxygen atoms in total. The summed E-state index contributed by atoms with van der Waals surface area (Å²) in [5, 5.41) is 23.3. The predicted octanol–water partition coefficient (Wildman–Crippen LogP) is 21.8. The molecule has 75 heavy (non-hydrogen) atoms. The molecular formula is C69H133NO5. The number of aliphatic hydroxyl groups is 2. The third kappa shape index (κ3) is 61.4. The van der Waals surface area contributed by atoms with Crippen LogP contribution in [0.2, 0.25) is 0 Å². The van der Waals surface area contributed by atoms with Gasteiger partial charge in [-0.1, -0.05) is 334 Å². The molecule has 2 atom stereocenters. The van der Waals surface area contributed by atoms with Crippen LogP contribution in [0.15, 0.2) is 24.3 Å². The molecule has 0 aliphatic carbocycles. The van der Waals surface area contributed by atoms with E-state index in [0.29, 0.717) is 25.9 Å². The first-order valence-electron chi connectivity index (χ1n) is 34.1. The highest BCUT2D eigenvalue weighted by Gasteiger charge is 2.20. The molecule has 0 saturated carbocycles. The number of nitrogens with one attached hydrogen (secondary N) is 1. The minimum Gasteiger partial charge on any atom is -0.466 e. The lowest BCUT2D eigenvalue weighted by molar-refractivity contribution is -0.143. The Bertz CT molecular complexity index is 1170. The zero-order valence-electron chi connectivity index (χ0n) is 50.8. The second-order valence-electron chi connectivity index (χ2n) is 23.5. The predicted molar refractivity (Wildman–Crippen MR) is 329 cm³/mol. The summed E-state index contributed by atoms with van der Waals surface area (Å²) in [6.07, 6.45) is 80.8. The number of ether oxygens (including phenoxy) is 1. The number of esters is 1. The Labute approximate surface area is 469 Å². The molecule has 0 fully saturated rings. The standard InChI is InChI=1S/C69H133NO5/c1-3-5-7-9-11-13-15-17-35-39-43-47-51-55-59-63-69(74)75-64-60-56-52-48-44-40-37-34-32-30-28-26-24-22-20-18-19-21-23-25-27-29-31-33-36-38-42-46-50-54-58-62-68(73)70-66(65-71)67(72)61-57-53-49-45-41-16-14-12-10-8-6-4-2/h11,13,17,35,66-67,71-72H,3-10,12,14-16,18-34,36-65H2,1-2H3,(H,70,73)/b13-11-,35-17-. The van der Waals surface area contributed by atoms with Crippen molar-refractivity contribution >= 4 is 11.9 Å². The molecule has 0 saturated heterocycles. The van der Waals surface area contributed by atoms with Crippen LogP contribution in [0.4, 0.5) is 0 Å². The van der Waals surface area contributed by atoms with E-state index in [1.165, 1.54) is 295 Å². The molecule has 6 heteroatoms. The van der Waals surface area contributed by atoms with Crippen molar-refractivity contribution in [1.29, 1.82) is 0 Å².